The number of fused-ring (bicyclic) bond motifs is 1. The maximum absolute atomic E-state index is 12.9. The zero-order chi connectivity index (χ0) is 19.1. The van der Waals surface area contributed by atoms with E-state index < -0.39 is 11.7 Å². The highest BCUT2D eigenvalue weighted by atomic mass is 19.1. The zero-order valence-corrected chi connectivity index (χ0v) is 15.1. The summed E-state index contributed by atoms with van der Waals surface area (Å²) in [6.07, 6.45) is 1.62. The van der Waals surface area contributed by atoms with E-state index in [0.717, 1.165) is 4.68 Å². The molecule has 2 aromatic heterocycles. The minimum absolute atomic E-state index is 0.248. The predicted octanol–water partition coefficient (Wildman–Crippen LogP) is 2.43. The highest BCUT2D eigenvalue weighted by molar-refractivity contribution is 5.90. The van der Waals surface area contributed by atoms with Crippen LogP contribution in [0.3, 0.4) is 0 Å². The predicted molar refractivity (Wildman–Crippen MR) is 96.6 cm³/mol. The maximum Gasteiger partial charge on any atom is 0.293 e. The van der Waals surface area contributed by atoms with Gasteiger partial charge in [-0.2, -0.15) is 10.2 Å². The molecule has 3 aromatic rings. The quantitative estimate of drug-likeness (QED) is 0.780. The van der Waals surface area contributed by atoms with Crippen molar-refractivity contribution in [2.24, 2.45) is 0 Å². The normalized spacial score (nSPS) is 11.7. The van der Waals surface area contributed by atoms with Gasteiger partial charge < -0.3 is 5.32 Å². The van der Waals surface area contributed by atoms with Gasteiger partial charge in [0.2, 0.25) is 5.91 Å². The van der Waals surface area contributed by atoms with Gasteiger partial charge in [0.25, 0.3) is 5.56 Å². The molecule has 0 aliphatic heterocycles. The number of amides is 1. The van der Waals surface area contributed by atoms with E-state index in [4.69, 9.17) is 0 Å². The molecule has 8 heteroatoms. The summed E-state index contributed by atoms with van der Waals surface area (Å²) in [5.74, 6) is -0.816. The molecule has 0 spiro atoms. The minimum atomic E-state index is -0.424. The van der Waals surface area contributed by atoms with Gasteiger partial charge in [-0.25, -0.2) is 9.07 Å². The van der Waals surface area contributed by atoms with E-state index in [2.05, 4.69) is 15.5 Å². The van der Waals surface area contributed by atoms with Crippen molar-refractivity contribution < 1.29 is 9.18 Å². The van der Waals surface area contributed by atoms with Crippen LogP contribution in [0.4, 0.5) is 10.1 Å². The van der Waals surface area contributed by atoms with Crippen LogP contribution in [0.5, 0.6) is 0 Å². The third kappa shape index (κ3) is 3.35. The molecule has 1 aromatic carbocycles. The first-order valence-corrected chi connectivity index (χ1v) is 8.18. The topological polar surface area (TPSA) is 81.8 Å². The van der Waals surface area contributed by atoms with Crippen molar-refractivity contribution in [1.82, 2.24) is 19.6 Å². The second-order valence-electron chi connectivity index (χ2n) is 7.09. The number of anilines is 1. The molecule has 3 rings (SSSR count). The van der Waals surface area contributed by atoms with Gasteiger partial charge in [-0.15, -0.1) is 0 Å². The van der Waals surface area contributed by atoms with E-state index in [1.165, 1.54) is 24.3 Å². The van der Waals surface area contributed by atoms with Gasteiger partial charge >= 0.3 is 0 Å². The molecule has 0 aliphatic carbocycles. The van der Waals surface area contributed by atoms with Crippen LogP contribution in [0.15, 0.2) is 35.3 Å². The number of nitrogens with zero attached hydrogens (tertiary/aromatic N) is 4. The lowest BCUT2D eigenvalue weighted by molar-refractivity contribution is -0.117. The van der Waals surface area contributed by atoms with E-state index >= 15 is 0 Å². The third-order valence-corrected chi connectivity index (χ3v) is 3.92. The Morgan fingerprint density at radius 1 is 1.23 bits per heavy atom. The van der Waals surface area contributed by atoms with E-state index in [9.17, 15) is 14.0 Å². The average Bonchev–Trinajstić information content (AvgIpc) is 3.00. The summed E-state index contributed by atoms with van der Waals surface area (Å²) >= 11 is 0. The van der Waals surface area contributed by atoms with Crippen molar-refractivity contribution in [3.63, 3.8) is 0 Å². The lowest BCUT2D eigenvalue weighted by Gasteiger charge is -2.20. The van der Waals surface area contributed by atoms with Crippen LogP contribution in [-0.2, 0) is 16.9 Å². The van der Waals surface area contributed by atoms with Gasteiger partial charge in [-0.05, 0) is 52.0 Å². The first-order valence-electron chi connectivity index (χ1n) is 8.18. The number of aromatic nitrogens is 4. The standard InChI is InChI=1S/C18H20FN5O2/c1-11-14-9-20-24(18(2,3)4)16(14)17(26)23(22-11)10-15(25)21-13-7-5-12(19)6-8-13/h5-9H,10H2,1-4H3,(H,21,25). The second kappa shape index (κ2) is 6.36. The lowest BCUT2D eigenvalue weighted by atomic mass is 10.1. The molecule has 0 fully saturated rings. The molecule has 26 heavy (non-hydrogen) atoms. The van der Waals surface area contributed by atoms with Gasteiger partial charge in [0.1, 0.15) is 17.9 Å². The molecule has 0 radical (unpaired) electrons. The molecule has 0 saturated heterocycles. The number of hydrogen-bond acceptors (Lipinski definition) is 4. The number of hydrogen-bond donors (Lipinski definition) is 1. The van der Waals surface area contributed by atoms with Crippen LogP contribution in [0.2, 0.25) is 0 Å². The number of carbonyl (C=O) groups excluding carboxylic acids is 1. The van der Waals surface area contributed by atoms with Crippen LogP contribution < -0.4 is 10.9 Å². The lowest BCUT2D eigenvalue weighted by Crippen LogP contribution is -2.33. The Morgan fingerprint density at radius 3 is 2.50 bits per heavy atom. The SMILES string of the molecule is Cc1nn(CC(=O)Nc2ccc(F)cc2)c(=O)c2c1cnn2C(C)(C)C. The monoisotopic (exact) mass is 357 g/mol. The largest absolute Gasteiger partial charge is 0.324 e. The number of benzene rings is 1. The molecule has 0 saturated carbocycles. The number of nitrogens with one attached hydrogen (secondary N) is 1. The van der Waals surface area contributed by atoms with Gasteiger partial charge in [0.05, 0.1) is 17.4 Å². The summed E-state index contributed by atoms with van der Waals surface area (Å²) in [4.78, 5) is 25.1. The van der Waals surface area contributed by atoms with Crippen molar-refractivity contribution in [1.29, 1.82) is 0 Å². The molecule has 0 aliphatic rings. The molecule has 0 bridgehead atoms. The maximum atomic E-state index is 12.9. The number of rotatable bonds is 3. The Balaban J connectivity index is 1.95. The smallest absolute Gasteiger partial charge is 0.293 e. The van der Waals surface area contributed by atoms with Crippen molar-refractivity contribution in [2.45, 2.75) is 39.8 Å². The van der Waals surface area contributed by atoms with Crippen molar-refractivity contribution in [3.05, 3.63) is 52.3 Å². The van der Waals surface area contributed by atoms with Gasteiger partial charge in [0.15, 0.2) is 0 Å². The summed E-state index contributed by atoms with van der Waals surface area (Å²) in [7, 11) is 0. The molecule has 7 nitrogen and oxygen atoms in total. The molecular weight excluding hydrogens is 337 g/mol. The minimum Gasteiger partial charge on any atom is -0.324 e. The summed E-state index contributed by atoms with van der Waals surface area (Å²) in [5, 5.41) is 11.8. The highest BCUT2D eigenvalue weighted by Gasteiger charge is 2.22. The van der Waals surface area contributed by atoms with Crippen molar-refractivity contribution >= 4 is 22.5 Å². The Morgan fingerprint density at radius 2 is 1.88 bits per heavy atom. The Labute approximate surface area is 149 Å². The van der Waals surface area contributed by atoms with Crippen LogP contribution >= 0.6 is 0 Å². The van der Waals surface area contributed by atoms with Crippen LogP contribution in [0.25, 0.3) is 10.9 Å². The number of aryl methyl sites for hydroxylation is 1. The van der Waals surface area contributed by atoms with Crippen LogP contribution in [0, 0.1) is 12.7 Å². The summed E-state index contributed by atoms with van der Waals surface area (Å²) in [6.45, 7) is 7.35. The van der Waals surface area contributed by atoms with E-state index in [1.807, 2.05) is 20.8 Å². The van der Waals surface area contributed by atoms with Crippen LogP contribution in [0.1, 0.15) is 26.5 Å². The van der Waals surface area contributed by atoms with Crippen LogP contribution in [-0.4, -0.2) is 25.5 Å². The molecule has 2 heterocycles. The number of carbonyl (C=O) groups is 1. The van der Waals surface area contributed by atoms with E-state index in [1.54, 1.807) is 17.8 Å². The molecule has 1 N–H and O–H groups in total. The first-order chi connectivity index (χ1) is 12.2. The van der Waals surface area contributed by atoms with Crippen molar-refractivity contribution in [3.8, 4) is 0 Å². The van der Waals surface area contributed by atoms with Gasteiger partial charge in [0, 0.05) is 11.1 Å². The third-order valence-electron chi connectivity index (χ3n) is 3.92. The van der Waals surface area contributed by atoms with E-state index in [0.29, 0.717) is 22.3 Å². The number of halogens is 1. The molecular formula is C18H20FN5O2. The van der Waals surface area contributed by atoms with Gasteiger partial charge in [-0.1, -0.05) is 0 Å². The Hall–Kier alpha value is -3.03. The van der Waals surface area contributed by atoms with E-state index in [-0.39, 0.29) is 17.6 Å². The highest BCUT2D eigenvalue weighted by Crippen LogP contribution is 2.20. The fraction of sp³-hybridized carbons (Fsp3) is 0.333. The summed E-state index contributed by atoms with van der Waals surface area (Å²) in [6, 6.07) is 5.40. The van der Waals surface area contributed by atoms with Crippen molar-refractivity contribution in [2.75, 3.05) is 5.32 Å². The fourth-order valence-electron chi connectivity index (χ4n) is 2.71. The Kier molecular flexibility index (Phi) is 4.35. The summed E-state index contributed by atoms with van der Waals surface area (Å²) in [5.41, 5.74) is 0.710. The molecule has 0 unspecified atom stereocenters. The fourth-order valence-corrected chi connectivity index (χ4v) is 2.71. The second-order valence-corrected chi connectivity index (χ2v) is 7.09. The molecule has 136 valence electrons. The Bertz CT molecular complexity index is 1030. The average molecular weight is 357 g/mol. The first kappa shape index (κ1) is 17.8. The zero-order valence-electron chi connectivity index (χ0n) is 15.1. The van der Waals surface area contributed by atoms with Gasteiger partial charge in [-0.3, -0.25) is 14.3 Å². The molecule has 0 atom stereocenters. The summed E-state index contributed by atoms with van der Waals surface area (Å²) < 4.78 is 15.7. The molecule has 1 amide bonds.